The molecule has 0 spiro atoms. The normalized spacial score (nSPS) is 22.7. The molecule has 110 valence electrons. The molecule has 5 nitrogen and oxygen atoms in total. The summed E-state index contributed by atoms with van der Waals surface area (Å²) in [5.41, 5.74) is 0.534. The first-order chi connectivity index (χ1) is 9.49. The van der Waals surface area contributed by atoms with Crippen molar-refractivity contribution in [1.82, 2.24) is 4.90 Å². The minimum absolute atomic E-state index is 0.0625. The fraction of sp³-hybridized carbons (Fsp3) is 0.462. The van der Waals surface area contributed by atoms with Crippen LogP contribution in [0.25, 0.3) is 0 Å². The molecule has 1 saturated heterocycles. The van der Waals surface area contributed by atoms with E-state index < -0.39 is 0 Å². The van der Waals surface area contributed by atoms with E-state index in [0.29, 0.717) is 28.9 Å². The number of anilines is 1. The maximum Gasteiger partial charge on any atom is 0.322 e. The number of nitrogens with zero attached hydrogens (tertiary/aromatic N) is 1. The molecule has 0 aromatic heterocycles. The van der Waals surface area contributed by atoms with Crippen LogP contribution in [0, 0.1) is 0 Å². The Morgan fingerprint density at radius 3 is 2.70 bits per heavy atom. The lowest BCUT2D eigenvalue weighted by molar-refractivity contribution is -0.0611. The van der Waals surface area contributed by atoms with Crippen molar-refractivity contribution in [3.8, 4) is 0 Å². The van der Waals surface area contributed by atoms with Gasteiger partial charge in [-0.15, -0.1) is 0 Å². The number of morpholine rings is 1. The zero-order valence-electron chi connectivity index (χ0n) is 11.0. The second-order valence-corrected chi connectivity index (χ2v) is 5.60. The van der Waals surface area contributed by atoms with Crippen molar-refractivity contribution in [2.75, 3.05) is 25.1 Å². The van der Waals surface area contributed by atoms with Gasteiger partial charge in [-0.2, -0.15) is 0 Å². The molecule has 0 radical (unpaired) electrons. The van der Waals surface area contributed by atoms with Crippen molar-refractivity contribution in [2.45, 2.75) is 19.1 Å². The topological polar surface area (TPSA) is 61.8 Å². The Labute approximate surface area is 127 Å². The molecular formula is C13H16Cl2N2O3. The van der Waals surface area contributed by atoms with Crippen molar-refractivity contribution >= 4 is 34.9 Å². The fourth-order valence-electron chi connectivity index (χ4n) is 2.03. The van der Waals surface area contributed by atoms with E-state index in [2.05, 4.69) is 5.32 Å². The van der Waals surface area contributed by atoms with E-state index in [9.17, 15) is 4.79 Å². The van der Waals surface area contributed by atoms with Gasteiger partial charge in [0.25, 0.3) is 0 Å². The molecule has 2 N–H and O–H groups in total. The van der Waals surface area contributed by atoms with Crippen LogP contribution in [0.15, 0.2) is 18.2 Å². The van der Waals surface area contributed by atoms with Crippen molar-refractivity contribution in [3.63, 3.8) is 0 Å². The molecule has 20 heavy (non-hydrogen) atoms. The van der Waals surface area contributed by atoms with Gasteiger partial charge in [0.15, 0.2) is 0 Å². The number of rotatable bonds is 2. The fourth-order valence-corrected chi connectivity index (χ4v) is 2.56. The van der Waals surface area contributed by atoms with E-state index >= 15 is 0 Å². The van der Waals surface area contributed by atoms with Crippen LogP contribution in [0.3, 0.4) is 0 Å². The summed E-state index contributed by atoms with van der Waals surface area (Å²) in [6.07, 6.45) is -0.347. The number of aliphatic hydroxyl groups excluding tert-OH is 1. The first-order valence-electron chi connectivity index (χ1n) is 6.25. The van der Waals surface area contributed by atoms with Gasteiger partial charge in [-0.25, -0.2) is 4.79 Å². The van der Waals surface area contributed by atoms with Gasteiger partial charge in [0.05, 0.1) is 31.9 Å². The van der Waals surface area contributed by atoms with E-state index in [-0.39, 0.29) is 24.8 Å². The lowest BCUT2D eigenvalue weighted by Gasteiger charge is -2.37. The Bertz CT molecular complexity index is 478. The Kier molecular flexibility index (Phi) is 5.10. The third-order valence-corrected chi connectivity index (χ3v) is 3.52. The average Bonchev–Trinajstić information content (AvgIpc) is 2.37. The van der Waals surface area contributed by atoms with Crippen LogP contribution >= 0.6 is 23.2 Å². The molecule has 1 aromatic carbocycles. The van der Waals surface area contributed by atoms with E-state index in [0.717, 1.165) is 0 Å². The standard InChI is InChI=1S/C13H16Cl2N2O3/c1-8-7-20-12(6-18)5-17(8)13(19)16-11-3-9(14)2-10(15)4-11/h2-4,8,12,18H,5-7H2,1H3,(H,16,19). The lowest BCUT2D eigenvalue weighted by Crippen LogP contribution is -2.53. The first kappa shape index (κ1) is 15.4. The number of carbonyl (C=O) groups excluding carboxylic acids is 1. The highest BCUT2D eigenvalue weighted by atomic mass is 35.5. The molecular weight excluding hydrogens is 303 g/mol. The summed E-state index contributed by atoms with van der Waals surface area (Å²) in [5.74, 6) is 0. The van der Waals surface area contributed by atoms with Gasteiger partial charge < -0.3 is 20.1 Å². The molecule has 7 heteroatoms. The van der Waals surface area contributed by atoms with Crippen LogP contribution in [-0.2, 0) is 4.74 Å². The van der Waals surface area contributed by atoms with Crippen LogP contribution in [0.4, 0.5) is 10.5 Å². The van der Waals surface area contributed by atoms with Gasteiger partial charge in [0.1, 0.15) is 0 Å². The maximum atomic E-state index is 12.3. The van der Waals surface area contributed by atoms with Gasteiger partial charge in [-0.1, -0.05) is 23.2 Å². The molecule has 0 bridgehead atoms. The molecule has 1 aromatic rings. The highest BCUT2D eigenvalue weighted by Gasteiger charge is 2.29. The van der Waals surface area contributed by atoms with Crippen molar-refractivity contribution in [1.29, 1.82) is 0 Å². The smallest absolute Gasteiger partial charge is 0.322 e. The Morgan fingerprint density at radius 2 is 2.10 bits per heavy atom. The highest BCUT2D eigenvalue weighted by Crippen LogP contribution is 2.23. The summed E-state index contributed by atoms with van der Waals surface area (Å²) in [7, 11) is 0. The zero-order chi connectivity index (χ0) is 14.7. The van der Waals surface area contributed by atoms with Gasteiger partial charge in [-0.05, 0) is 25.1 Å². The predicted octanol–water partition coefficient (Wildman–Crippen LogP) is 2.61. The number of urea groups is 1. The molecule has 1 heterocycles. The number of benzene rings is 1. The van der Waals surface area contributed by atoms with E-state index in [1.165, 1.54) is 0 Å². The van der Waals surface area contributed by atoms with Gasteiger partial charge in [-0.3, -0.25) is 0 Å². The minimum Gasteiger partial charge on any atom is -0.394 e. The number of aliphatic hydroxyl groups is 1. The van der Waals surface area contributed by atoms with Crippen molar-refractivity contribution in [2.24, 2.45) is 0 Å². The molecule has 1 fully saturated rings. The molecule has 0 aliphatic carbocycles. The van der Waals surface area contributed by atoms with E-state index in [1.807, 2.05) is 6.92 Å². The lowest BCUT2D eigenvalue weighted by atomic mass is 10.2. The first-order valence-corrected chi connectivity index (χ1v) is 7.01. The zero-order valence-corrected chi connectivity index (χ0v) is 12.5. The predicted molar refractivity (Wildman–Crippen MR) is 78.5 cm³/mol. The van der Waals surface area contributed by atoms with Gasteiger partial charge in [0.2, 0.25) is 0 Å². The monoisotopic (exact) mass is 318 g/mol. The van der Waals surface area contributed by atoms with Crippen molar-refractivity contribution in [3.05, 3.63) is 28.2 Å². The van der Waals surface area contributed by atoms with Crippen LogP contribution < -0.4 is 5.32 Å². The number of nitrogens with one attached hydrogen (secondary N) is 1. The van der Waals surface area contributed by atoms with Crippen LogP contribution in [0.1, 0.15) is 6.92 Å². The van der Waals surface area contributed by atoms with Gasteiger partial charge in [0, 0.05) is 15.7 Å². The SMILES string of the molecule is CC1COC(CO)CN1C(=O)Nc1cc(Cl)cc(Cl)c1. The molecule has 2 unspecified atom stereocenters. The third-order valence-electron chi connectivity index (χ3n) is 3.08. The highest BCUT2D eigenvalue weighted by molar-refractivity contribution is 6.35. The van der Waals surface area contributed by atoms with Crippen LogP contribution in [-0.4, -0.2) is 47.9 Å². The number of hydrogen-bond donors (Lipinski definition) is 2. The largest absolute Gasteiger partial charge is 0.394 e. The van der Waals surface area contributed by atoms with Crippen molar-refractivity contribution < 1.29 is 14.6 Å². The Balaban J connectivity index is 2.06. The van der Waals surface area contributed by atoms with Crippen LogP contribution in [0.5, 0.6) is 0 Å². The summed E-state index contributed by atoms with van der Waals surface area (Å²) in [5, 5.41) is 12.8. The summed E-state index contributed by atoms with van der Waals surface area (Å²) < 4.78 is 5.39. The number of amides is 2. The average molecular weight is 319 g/mol. The molecule has 0 saturated carbocycles. The number of halogens is 2. The summed E-state index contributed by atoms with van der Waals surface area (Å²) in [6, 6.07) is 4.52. The molecule has 2 atom stereocenters. The van der Waals surface area contributed by atoms with E-state index in [1.54, 1.807) is 23.1 Å². The second kappa shape index (κ2) is 6.63. The quantitative estimate of drug-likeness (QED) is 0.881. The summed E-state index contributed by atoms with van der Waals surface area (Å²) >= 11 is 11.8. The second-order valence-electron chi connectivity index (χ2n) is 4.73. The van der Waals surface area contributed by atoms with Crippen LogP contribution in [0.2, 0.25) is 10.0 Å². The number of carbonyl (C=O) groups is 1. The number of hydrogen-bond acceptors (Lipinski definition) is 3. The molecule has 1 aliphatic rings. The summed E-state index contributed by atoms with van der Waals surface area (Å²) in [4.78, 5) is 13.9. The number of ether oxygens (including phenoxy) is 1. The summed E-state index contributed by atoms with van der Waals surface area (Å²) in [6.45, 7) is 2.52. The Morgan fingerprint density at radius 1 is 1.45 bits per heavy atom. The minimum atomic E-state index is -0.347. The van der Waals surface area contributed by atoms with E-state index in [4.69, 9.17) is 33.0 Å². The molecule has 2 rings (SSSR count). The maximum absolute atomic E-state index is 12.3. The third kappa shape index (κ3) is 3.76. The molecule has 1 aliphatic heterocycles. The molecule has 2 amide bonds. The van der Waals surface area contributed by atoms with Gasteiger partial charge >= 0.3 is 6.03 Å². The Hall–Kier alpha value is -1.01.